The number of carbonyl (C=O) groups excluding carboxylic acids is 1. The van der Waals surface area contributed by atoms with E-state index in [1.165, 1.54) is 5.56 Å². The number of nitrogens with zero attached hydrogens (tertiary/aromatic N) is 2. The van der Waals surface area contributed by atoms with Crippen LogP contribution in [0.2, 0.25) is 0 Å². The average Bonchev–Trinajstić information content (AvgIpc) is 3.02. The van der Waals surface area contributed by atoms with Crippen LogP contribution in [0.4, 0.5) is 0 Å². The number of aromatic nitrogens is 1. The molecule has 1 amide bonds. The fourth-order valence-corrected chi connectivity index (χ4v) is 3.09. The van der Waals surface area contributed by atoms with Crippen molar-refractivity contribution < 1.29 is 9.32 Å². The topological polar surface area (TPSA) is 58.4 Å². The Morgan fingerprint density at radius 3 is 2.33 bits per heavy atom. The van der Waals surface area contributed by atoms with Crippen molar-refractivity contribution in [3.63, 3.8) is 0 Å². The first-order chi connectivity index (χ1) is 12.8. The van der Waals surface area contributed by atoms with E-state index in [0.29, 0.717) is 23.6 Å². The molecule has 5 nitrogen and oxygen atoms in total. The summed E-state index contributed by atoms with van der Waals surface area (Å²) in [5.41, 5.74) is 3.34. The summed E-state index contributed by atoms with van der Waals surface area (Å²) >= 11 is 0. The van der Waals surface area contributed by atoms with E-state index in [4.69, 9.17) is 4.52 Å². The second-order valence-corrected chi connectivity index (χ2v) is 7.94. The lowest BCUT2D eigenvalue weighted by molar-refractivity contribution is 0.0951. The fourth-order valence-electron chi connectivity index (χ4n) is 3.09. The molecule has 2 rings (SSSR count). The Kier molecular flexibility index (Phi) is 7.19. The van der Waals surface area contributed by atoms with Crippen LogP contribution in [0.15, 0.2) is 28.8 Å². The molecule has 0 radical (unpaired) electrons. The lowest BCUT2D eigenvalue weighted by Crippen LogP contribution is -2.30. The van der Waals surface area contributed by atoms with Gasteiger partial charge in [-0.15, -0.1) is 0 Å². The summed E-state index contributed by atoms with van der Waals surface area (Å²) in [6, 6.07) is 8.16. The molecule has 148 valence electrons. The molecule has 1 heterocycles. The predicted octanol–water partition coefficient (Wildman–Crippen LogP) is 4.41. The highest BCUT2D eigenvalue weighted by molar-refractivity contribution is 6.00. The van der Waals surface area contributed by atoms with Crippen molar-refractivity contribution in [2.24, 2.45) is 0 Å². The number of hydrogen-bond donors (Lipinski definition) is 1. The zero-order valence-corrected chi connectivity index (χ0v) is 17.6. The van der Waals surface area contributed by atoms with Gasteiger partial charge in [0, 0.05) is 12.1 Å². The van der Waals surface area contributed by atoms with Crippen molar-refractivity contribution in [1.29, 1.82) is 0 Å². The van der Waals surface area contributed by atoms with Crippen molar-refractivity contribution in [1.82, 2.24) is 15.4 Å². The van der Waals surface area contributed by atoms with Gasteiger partial charge in [0.1, 0.15) is 5.56 Å². The van der Waals surface area contributed by atoms with Gasteiger partial charge in [-0.2, -0.15) is 0 Å². The SMILES string of the molecule is CCN(CC)CCCNC(=O)c1c(C)noc1-c1ccc(C(C)(C)C)cc1. The third-order valence-electron chi connectivity index (χ3n) is 4.93. The monoisotopic (exact) mass is 371 g/mol. The number of amides is 1. The number of benzene rings is 1. The molecule has 5 heteroatoms. The predicted molar refractivity (Wildman–Crippen MR) is 110 cm³/mol. The summed E-state index contributed by atoms with van der Waals surface area (Å²) in [5, 5.41) is 7.03. The lowest BCUT2D eigenvalue weighted by atomic mass is 9.86. The Balaban J connectivity index is 2.08. The van der Waals surface area contributed by atoms with Gasteiger partial charge in [0.25, 0.3) is 5.91 Å². The van der Waals surface area contributed by atoms with Gasteiger partial charge in [-0.3, -0.25) is 4.79 Å². The van der Waals surface area contributed by atoms with Crippen LogP contribution in [-0.2, 0) is 5.41 Å². The van der Waals surface area contributed by atoms with E-state index in [2.05, 4.69) is 62.1 Å². The minimum absolute atomic E-state index is 0.0843. The quantitative estimate of drug-likeness (QED) is 0.698. The Bertz CT molecular complexity index is 738. The molecule has 0 unspecified atom stereocenters. The van der Waals surface area contributed by atoms with Crippen LogP contribution in [-0.4, -0.2) is 42.1 Å². The molecule has 0 aliphatic rings. The van der Waals surface area contributed by atoms with E-state index in [1.807, 2.05) is 12.1 Å². The van der Waals surface area contributed by atoms with Gasteiger partial charge in [-0.1, -0.05) is 64.0 Å². The van der Waals surface area contributed by atoms with Gasteiger partial charge in [0.05, 0.1) is 5.69 Å². The smallest absolute Gasteiger partial charge is 0.257 e. The molecule has 1 aromatic carbocycles. The summed E-state index contributed by atoms with van der Waals surface area (Å²) < 4.78 is 5.49. The summed E-state index contributed by atoms with van der Waals surface area (Å²) in [5.74, 6) is 0.414. The fraction of sp³-hybridized carbons (Fsp3) is 0.545. The maximum Gasteiger partial charge on any atom is 0.257 e. The van der Waals surface area contributed by atoms with Gasteiger partial charge in [-0.05, 0) is 44.0 Å². The Hall–Kier alpha value is -2.14. The lowest BCUT2D eigenvalue weighted by Gasteiger charge is -2.19. The van der Waals surface area contributed by atoms with E-state index in [-0.39, 0.29) is 11.3 Å². The van der Waals surface area contributed by atoms with E-state index in [1.54, 1.807) is 6.92 Å². The Morgan fingerprint density at radius 1 is 1.15 bits per heavy atom. The highest BCUT2D eigenvalue weighted by Gasteiger charge is 2.22. The van der Waals surface area contributed by atoms with Crippen molar-refractivity contribution in [2.45, 2.75) is 53.4 Å². The molecule has 27 heavy (non-hydrogen) atoms. The summed E-state index contributed by atoms with van der Waals surface area (Å²) in [6.07, 6.45) is 0.924. The zero-order chi connectivity index (χ0) is 20.0. The molecule has 0 fully saturated rings. The minimum Gasteiger partial charge on any atom is -0.355 e. The first-order valence-corrected chi connectivity index (χ1v) is 9.85. The zero-order valence-electron chi connectivity index (χ0n) is 17.6. The molecular weight excluding hydrogens is 338 g/mol. The highest BCUT2D eigenvalue weighted by Crippen LogP contribution is 2.29. The third-order valence-corrected chi connectivity index (χ3v) is 4.93. The van der Waals surface area contributed by atoms with Crippen LogP contribution in [0.25, 0.3) is 11.3 Å². The number of carbonyl (C=O) groups is 1. The highest BCUT2D eigenvalue weighted by atomic mass is 16.5. The van der Waals surface area contributed by atoms with Gasteiger partial charge < -0.3 is 14.7 Å². The largest absolute Gasteiger partial charge is 0.355 e. The Morgan fingerprint density at radius 2 is 1.78 bits per heavy atom. The third kappa shape index (κ3) is 5.42. The van der Waals surface area contributed by atoms with Crippen molar-refractivity contribution in [3.05, 3.63) is 41.1 Å². The van der Waals surface area contributed by atoms with Gasteiger partial charge in [0.2, 0.25) is 0 Å². The van der Waals surface area contributed by atoms with E-state index >= 15 is 0 Å². The molecular formula is C22H33N3O2. The number of nitrogens with one attached hydrogen (secondary N) is 1. The standard InChI is InChI=1S/C22H33N3O2/c1-7-25(8-2)15-9-14-23-21(26)19-16(3)24-27-20(19)17-10-12-18(13-11-17)22(4,5)6/h10-13H,7-9,14-15H2,1-6H3,(H,23,26). The van der Waals surface area contributed by atoms with Gasteiger partial charge in [0.15, 0.2) is 5.76 Å². The number of aryl methyl sites for hydroxylation is 1. The van der Waals surface area contributed by atoms with Crippen LogP contribution in [0.5, 0.6) is 0 Å². The summed E-state index contributed by atoms with van der Waals surface area (Å²) in [4.78, 5) is 15.1. The number of rotatable bonds is 8. The van der Waals surface area contributed by atoms with Crippen LogP contribution in [0.1, 0.15) is 62.7 Å². The van der Waals surface area contributed by atoms with E-state index in [0.717, 1.165) is 31.6 Å². The van der Waals surface area contributed by atoms with Gasteiger partial charge in [-0.25, -0.2) is 0 Å². The molecule has 0 atom stereocenters. The molecule has 0 aliphatic heterocycles. The molecule has 0 spiro atoms. The van der Waals surface area contributed by atoms with Crippen LogP contribution in [0.3, 0.4) is 0 Å². The second kappa shape index (κ2) is 9.18. The molecule has 0 bridgehead atoms. The molecule has 1 aromatic heterocycles. The van der Waals surface area contributed by atoms with Crippen molar-refractivity contribution in [3.8, 4) is 11.3 Å². The average molecular weight is 372 g/mol. The van der Waals surface area contributed by atoms with Crippen LogP contribution in [0, 0.1) is 6.92 Å². The van der Waals surface area contributed by atoms with Crippen LogP contribution >= 0.6 is 0 Å². The molecule has 0 saturated carbocycles. The molecule has 1 N–H and O–H groups in total. The van der Waals surface area contributed by atoms with Crippen molar-refractivity contribution >= 4 is 5.91 Å². The van der Waals surface area contributed by atoms with Crippen LogP contribution < -0.4 is 5.32 Å². The number of hydrogen-bond acceptors (Lipinski definition) is 4. The molecule has 0 aliphatic carbocycles. The molecule has 0 saturated heterocycles. The summed E-state index contributed by atoms with van der Waals surface area (Å²) in [6.45, 7) is 16.3. The maximum absolute atomic E-state index is 12.7. The first kappa shape index (κ1) is 21.2. The minimum atomic E-state index is -0.122. The first-order valence-electron chi connectivity index (χ1n) is 9.85. The van der Waals surface area contributed by atoms with Gasteiger partial charge >= 0.3 is 0 Å². The molecule has 2 aromatic rings. The summed E-state index contributed by atoms with van der Waals surface area (Å²) in [7, 11) is 0. The normalized spacial score (nSPS) is 11.8. The second-order valence-electron chi connectivity index (χ2n) is 7.94. The van der Waals surface area contributed by atoms with E-state index < -0.39 is 0 Å². The van der Waals surface area contributed by atoms with Crippen molar-refractivity contribution in [2.75, 3.05) is 26.2 Å². The maximum atomic E-state index is 12.7. The Labute approximate surface area is 163 Å². The van der Waals surface area contributed by atoms with E-state index in [9.17, 15) is 4.79 Å².